The van der Waals surface area contributed by atoms with Crippen LogP contribution >= 0.6 is 11.8 Å². The maximum absolute atomic E-state index is 6.13. The highest BCUT2D eigenvalue weighted by molar-refractivity contribution is 7.99. The molecule has 3 heterocycles. The third-order valence-corrected chi connectivity index (χ3v) is 6.22. The Balaban J connectivity index is 1.60. The first-order valence-corrected chi connectivity index (χ1v) is 8.59. The lowest BCUT2D eigenvalue weighted by molar-refractivity contribution is -0.0924. The van der Waals surface area contributed by atoms with Gasteiger partial charge in [0.1, 0.15) is 0 Å². The summed E-state index contributed by atoms with van der Waals surface area (Å²) in [5, 5.41) is 3.47. The fourth-order valence-electron chi connectivity index (χ4n) is 3.72. The molecule has 0 saturated carbocycles. The summed E-state index contributed by atoms with van der Waals surface area (Å²) in [6.07, 6.45) is 6.40. The monoisotopic (exact) mass is 270 g/mol. The smallest absolute Gasteiger partial charge is 0.0795 e. The minimum atomic E-state index is 0.231. The van der Waals surface area contributed by atoms with Crippen LogP contribution in [0.15, 0.2) is 0 Å². The van der Waals surface area contributed by atoms with Crippen LogP contribution in [0.3, 0.4) is 0 Å². The molecule has 0 aliphatic carbocycles. The average molecular weight is 270 g/mol. The minimum Gasteiger partial charge on any atom is -0.374 e. The van der Waals surface area contributed by atoms with Gasteiger partial charge in [-0.2, -0.15) is 11.8 Å². The van der Waals surface area contributed by atoms with E-state index in [9.17, 15) is 0 Å². The Kier molecular flexibility index (Phi) is 4.18. The van der Waals surface area contributed by atoms with E-state index in [2.05, 4.69) is 29.0 Å². The van der Waals surface area contributed by atoms with Gasteiger partial charge < -0.3 is 15.0 Å². The fourth-order valence-corrected chi connectivity index (χ4v) is 5.10. The van der Waals surface area contributed by atoms with Crippen molar-refractivity contribution in [1.82, 2.24) is 10.2 Å². The van der Waals surface area contributed by atoms with Crippen molar-refractivity contribution in [3.05, 3.63) is 0 Å². The van der Waals surface area contributed by atoms with E-state index in [1.807, 2.05) is 0 Å². The maximum atomic E-state index is 6.13. The molecule has 0 aromatic heterocycles. The van der Waals surface area contributed by atoms with Gasteiger partial charge in [0.15, 0.2) is 0 Å². The van der Waals surface area contributed by atoms with Gasteiger partial charge in [-0.3, -0.25) is 0 Å². The molecule has 3 nitrogen and oxygen atoms in total. The van der Waals surface area contributed by atoms with E-state index in [-0.39, 0.29) is 5.60 Å². The second kappa shape index (κ2) is 5.70. The lowest BCUT2D eigenvalue weighted by Crippen LogP contribution is -2.52. The van der Waals surface area contributed by atoms with E-state index in [1.54, 1.807) is 0 Å². The molecule has 18 heavy (non-hydrogen) atoms. The molecule has 2 unspecified atom stereocenters. The number of hydrogen-bond acceptors (Lipinski definition) is 4. The van der Waals surface area contributed by atoms with E-state index in [0.717, 1.165) is 18.7 Å². The van der Waals surface area contributed by atoms with Crippen molar-refractivity contribution in [3.8, 4) is 0 Å². The molecular weight excluding hydrogens is 244 g/mol. The van der Waals surface area contributed by atoms with E-state index in [1.165, 1.54) is 56.7 Å². The molecule has 0 bridgehead atoms. The zero-order chi connectivity index (χ0) is 12.4. The summed E-state index contributed by atoms with van der Waals surface area (Å²) in [5.74, 6) is 2.52. The molecule has 3 aliphatic rings. The first-order chi connectivity index (χ1) is 8.79. The summed E-state index contributed by atoms with van der Waals surface area (Å²) >= 11 is 2.08. The molecule has 1 spiro atoms. The molecule has 3 rings (SSSR count). The lowest BCUT2D eigenvalue weighted by atomic mass is 9.88. The largest absolute Gasteiger partial charge is 0.374 e. The van der Waals surface area contributed by atoms with E-state index in [4.69, 9.17) is 4.74 Å². The molecule has 0 aromatic carbocycles. The van der Waals surface area contributed by atoms with E-state index < -0.39 is 0 Å². The van der Waals surface area contributed by atoms with Crippen molar-refractivity contribution in [2.75, 3.05) is 38.2 Å². The van der Waals surface area contributed by atoms with Crippen molar-refractivity contribution in [2.45, 2.75) is 49.8 Å². The Labute approximate surface area is 115 Å². The molecule has 3 saturated heterocycles. The van der Waals surface area contributed by atoms with E-state index >= 15 is 0 Å². The summed E-state index contributed by atoms with van der Waals surface area (Å²) in [6, 6.07) is 1.54. The molecular formula is C14H26N2OS. The number of nitrogens with zero attached hydrogens (tertiary/aromatic N) is 1. The van der Waals surface area contributed by atoms with Gasteiger partial charge in [0.25, 0.3) is 0 Å². The first-order valence-electron chi connectivity index (χ1n) is 7.43. The van der Waals surface area contributed by atoms with Crippen LogP contribution < -0.4 is 5.32 Å². The van der Waals surface area contributed by atoms with Crippen LogP contribution in [0.25, 0.3) is 0 Å². The molecule has 0 aromatic rings. The molecule has 0 radical (unpaired) electrons. The Bertz CT molecular complexity index is 275. The van der Waals surface area contributed by atoms with Crippen molar-refractivity contribution in [2.24, 2.45) is 0 Å². The van der Waals surface area contributed by atoms with Gasteiger partial charge in [0.2, 0.25) is 0 Å². The van der Waals surface area contributed by atoms with Crippen LogP contribution in [0.1, 0.15) is 32.1 Å². The van der Waals surface area contributed by atoms with Crippen molar-refractivity contribution < 1.29 is 4.74 Å². The fraction of sp³-hybridized carbons (Fsp3) is 1.00. The zero-order valence-electron chi connectivity index (χ0n) is 11.5. The zero-order valence-corrected chi connectivity index (χ0v) is 12.3. The Morgan fingerprint density at radius 3 is 2.78 bits per heavy atom. The Morgan fingerprint density at radius 2 is 2.06 bits per heavy atom. The molecule has 0 amide bonds. The highest BCUT2D eigenvalue weighted by Gasteiger charge is 2.42. The molecule has 104 valence electrons. The van der Waals surface area contributed by atoms with Gasteiger partial charge in [-0.05, 0) is 58.0 Å². The normalized spacial score (nSPS) is 38.7. The third kappa shape index (κ3) is 2.72. The highest BCUT2D eigenvalue weighted by Crippen LogP contribution is 2.39. The van der Waals surface area contributed by atoms with Gasteiger partial charge in [-0.25, -0.2) is 0 Å². The maximum Gasteiger partial charge on any atom is 0.0795 e. The van der Waals surface area contributed by atoms with Gasteiger partial charge in [-0.15, -0.1) is 0 Å². The van der Waals surface area contributed by atoms with Gasteiger partial charge >= 0.3 is 0 Å². The van der Waals surface area contributed by atoms with Crippen molar-refractivity contribution in [1.29, 1.82) is 0 Å². The molecule has 2 atom stereocenters. The second-order valence-corrected chi connectivity index (χ2v) is 7.23. The van der Waals surface area contributed by atoms with Crippen molar-refractivity contribution >= 4 is 11.8 Å². The second-order valence-electron chi connectivity index (χ2n) is 6.13. The number of piperidine rings is 1. The van der Waals surface area contributed by atoms with Crippen LogP contribution in [0.4, 0.5) is 0 Å². The highest BCUT2D eigenvalue weighted by atomic mass is 32.2. The summed E-state index contributed by atoms with van der Waals surface area (Å²) in [6.45, 7) is 3.36. The standard InChI is InChI=1S/C14H26N2OS/c1-16(12-2-6-15-7-3-12)13-4-8-17-14(10-13)5-9-18-11-14/h12-13,15H,2-11H2,1H3. The van der Waals surface area contributed by atoms with Crippen LogP contribution in [0.5, 0.6) is 0 Å². The molecule has 3 aliphatic heterocycles. The van der Waals surface area contributed by atoms with Crippen LogP contribution in [-0.4, -0.2) is 60.8 Å². The van der Waals surface area contributed by atoms with Crippen LogP contribution in [0.2, 0.25) is 0 Å². The average Bonchev–Trinajstić information content (AvgIpc) is 2.87. The predicted molar refractivity (Wildman–Crippen MR) is 77.3 cm³/mol. The number of nitrogens with one attached hydrogen (secondary N) is 1. The van der Waals surface area contributed by atoms with Gasteiger partial charge in [0.05, 0.1) is 5.60 Å². The minimum absolute atomic E-state index is 0.231. The topological polar surface area (TPSA) is 24.5 Å². The number of ether oxygens (including phenoxy) is 1. The molecule has 1 N–H and O–H groups in total. The number of rotatable bonds is 2. The van der Waals surface area contributed by atoms with E-state index in [0.29, 0.717) is 0 Å². The Morgan fingerprint density at radius 1 is 1.22 bits per heavy atom. The van der Waals surface area contributed by atoms with Gasteiger partial charge in [0, 0.05) is 24.4 Å². The Hall–Kier alpha value is 0.230. The van der Waals surface area contributed by atoms with Crippen LogP contribution in [0, 0.1) is 0 Å². The summed E-state index contributed by atoms with van der Waals surface area (Å²) in [5.41, 5.74) is 0.231. The SMILES string of the molecule is CN(C1CCNCC1)C1CCOC2(CCSC2)C1. The number of thioether (sulfide) groups is 1. The molecule has 4 heteroatoms. The summed E-state index contributed by atoms with van der Waals surface area (Å²) in [4.78, 5) is 2.67. The summed E-state index contributed by atoms with van der Waals surface area (Å²) < 4.78 is 6.13. The molecule has 3 fully saturated rings. The van der Waals surface area contributed by atoms with Crippen LogP contribution in [-0.2, 0) is 4.74 Å². The van der Waals surface area contributed by atoms with Gasteiger partial charge in [-0.1, -0.05) is 0 Å². The van der Waals surface area contributed by atoms with Crippen molar-refractivity contribution in [3.63, 3.8) is 0 Å². The lowest BCUT2D eigenvalue weighted by Gasteiger charge is -2.44. The first kappa shape index (κ1) is 13.2. The number of hydrogen-bond donors (Lipinski definition) is 1. The predicted octanol–water partition coefficient (Wildman–Crippen LogP) is 1.72. The quantitative estimate of drug-likeness (QED) is 0.826. The third-order valence-electron chi connectivity index (χ3n) is 4.99. The summed E-state index contributed by atoms with van der Waals surface area (Å²) in [7, 11) is 2.35.